The third-order valence-corrected chi connectivity index (χ3v) is 4.31. The number of nitrogens with one attached hydrogen (secondary N) is 1. The molecule has 1 aromatic carbocycles. The van der Waals surface area contributed by atoms with Crippen LogP contribution in [0.1, 0.15) is 11.1 Å². The van der Waals surface area contributed by atoms with E-state index in [2.05, 4.69) is 4.72 Å². The molecule has 0 spiro atoms. The van der Waals surface area contributed by atoms with E-state index < -0.39 is 10.0 Å². The zero-order valence-electron chi connectivity index (χ0n) is 10.8. The molecular formula is C12H16N2O3SW. The maximum Gasteiger partial charge on any atom is 2.00 e. The number of sulfonamides is 1. The molecule has 0 saturated heterocycles. The summed E-state index contributed by atoms with van der Waals surface area (Å²) < 4.78 is 25.5. The van der Waals surface area contributed by atoms with Gasteiger partial charge >= 0.3 is 21.1 Å². The Bertz CT molecular complexity index is 546. The molecule has 0 bridgehead atoms. The predicted octanol–water partition coefficient (Wildman–Crippen LogP) is 0.468. The van der Waals surface area contributed by atoms with Gasteiger partial charge < -0.3 is 17.1 Å². The first-order valence-corrected chi connectivity index (χ1v) is 6.73. The van der Waals surface area contributed by atoms with Crippen molar-refractivity contribution in [2.75, 3.05) is 13.6 Å². The zero-order chi connectivity index (χ0) is 12.5. The summed E-state index contributed by atoms with van der Waals surface area (Å²) in [4.78, 5) is 12.4. The third kappa shape index (κ3) is 3.88. The second-order valence-electron chi connectivity index (χ2n) is 3.90. The maximum atomic E-state index is 11.6. The molecule has 5 nitrogen and oxygen atoms in total. The smallest absolute Gasteiger partial charge is 0.520 e. The van der Waals surface area contributed by atoms with E-state index in [-0.39, 0.29) is 33.4 Å². The van der Waals surface area contributed by atoms with E-state index in [1.807, 2.05) is 6.41 Å². The van der Waals surface area contributed by atoms with E-state index in [1.54, 1.807) is 23.1 Å². The van der Waals surface area contributed by atoms with E-state index in [9.17, 15) is 13.2 Å². The Labute approximate surface area is 128 Å². The van der Waals surface area contributed by atoms with E-state index in [1.165, 1.54) is 7.05 Å². The van der Waals surface area contributed by atoms with Crippen LogP contribution in [-0.4, -0.2) is 33.3 Å². The zero-order valence-corrected chi connectivity index (χ0v) is 14.6. The predicted molar refractivity (Wildman–Crippen MR) is 68.9 cm³/mol. The molecule has 0 aliphatic carbocycles. The van der Waals surface area contributed by atoms with Crippen LogP contribution >= 0.6 is 0 Å². The fourth-order valence-corrected chi connectivity index (χ4v) is 2.67. The summed E-state index contributed by atoms with van der Waals surface area (Å²) in [6, 6.07) is 4.98. The molecule has 0 unspecified atom stereocenters. The molecule has 0 radical (unpaired) electrons. The molecule has 1 aliphatic heterocycles. The van der Waals surface area contributed by atoms with Crippen LogP contribution in [0.3, 0.4) is 0 Å². The fourth-order valence-electron chi connectivity index (χ4n) is 1.89. The van der Waals surface area contributed by atoms with Gasteiger partial charge in [-0.1, -0.05) is 6.07 Å². The minimum Gasteiger partial charge on any atom is -0.520 e. The van der Waals surface area contributed by atoms with Crippen molar-refractivity contribution in [3.63, 3.8) is 0 Å². The molecule has 1 heterocycles. The van der Waals surface area contributed by atoms with Gasteiger partial charge in [0, 0.05) is 6.54 Å². The van der Waals surface area contributed by atoms with Crippen molar-refractivity contribution in [3.05, 3.63) is 36.8 Å². The van der Waals surface area contributed by atoms with E-state index in [0.29, 0.717) is 19.5 Å². The summed E-state index contributed by atoms with van der Waals surface area (Å²) in [5.41, 5.74) is 1.96. The van der Waals surface area contributed by atoms with Crippen LogP contribution in [0.4, 0.5) is 0 Å². The van der Waals surface area contributed by atoms with Crippen molar-refractivity contribution >= 4 is 16.4 Å². The van der Waals surface area contributed by atoms with E-state index >= 15 is 0 Å². The number of fused-ring (bicyclic) bond motifs is 1. The minimum atomic E-state index is -3.39. The molecule has 0 atom stereocenters. The fraction of sp³-hybridized carbons (Fsp3) is 0.333. The molecule has 0 fully saturated rings. The van der Waals surface area contributed by atoms with Gasteiger partial charge in [-0.2, -0.15) is 6.41 Å². The second kappa shape index (κ2) is 7.17. The topological polar surface area (TPSA) is 66.5 Å². The van der Waals surface area contributed by atoms with Crippen LogP contribution < -0.4 is 4.72 Å². The third-order valence-electron chi connectivity index (χ3n) is 2.90. The summed E-state index contributed by atoms with van der Waals surface area (Å²) in [6.45, 7) is 1.08. The number of benzene rings is 1. The Morgan fingerprint density at radius 2 is 2.00 bits per heavy atom. The quantitative estimate of drug-likeness (QED) is 0.679. The molecule has 1 N–H and O–H groups in total. The van der Waals surface area contributed by atoms with Gasteiger partial charge in [-0.05, 0) is 43.3 Å². The number of rotatable bonds is 3. The molecule has 19 heavy (non-hydrogen) atoms. The summed E-state index contributed by atoms with van der Waals surface area (Å²) in [5, 5.41) is 0. The molecule has 7 heteroatoms. The van der Waals surface area contributed by atoms with Crippen molar-refractivity contribution in [2.24, 2.45) is 0 Å². The summed E-state index contributed by atoms with van der Waals surface area (Å²) in [7, 11) is -2.00. The van der Waals surface area contributed by atoms with Crippen molar-refractivity contribution < 1.29 is 34.3 Å². The Morgan fingerprint density at radius 1 is 1.32 bits per heavy atom. The summed E-state index contributed by atoms with van der Waals surface area (Å²) >= 11 is 0. The van der Waals surface area contributed by atoms with Gasteiger partial charge in [-0.3, -0.25) is 0 Å². The maximum absolute atomic E-state index is 11.6. The van der Waals surface area contributed by atoms with Crippen LogP contribution in [0.15, 0.2) is 23.1 Å². The normalized spacial score (nSPS) is 13.8. The van der Waals surface area contributed by atoms with Gasteiger partial charge in [-0.15, -0.1) is 0 Å². The van der Waals surface area contributed by atoms with Crippen LogP contribution in [-0.2, 0) is 48.8 Å². The van der Waals surface area contributed by atoms with Gasteiger partial charge in [0.15, 0.2) is 0 Å². The van der Waals surface area contributed by atoms with E-state index in [0.717, 1.165) is 11.1 Å². The first kappa shape index (κ1) is 18.3. The first-order valence-electron chi connectivity index (χ1n) is 5.25. The number of hydrogen-bond donors (Lipinski definition) is 1. The molecule has 1 aliphatic rings. The SMILES string of the molecule is CNS(=O)(=O)c1ccc2c(c1)CCN([C-]=O)C2.[CH3-].[W+2]. The molecule has 0 saturated carbocycles. The van der Waals surface area contributed by atoms with Crippen LogP contribution in [0.25, 0.3) is 0 Å². The molecule has 104 valence electrons. The average molecular weight is 452 g/mol. The van der Waals surface area contributed by atoms with Crippen molar-refractivity contribution in [3.8, 4) is 0 Å². The minimum absolute atomic E-state index is 0. The van der Waals surface area contributed by atoms with Gasteiger partial charge in [0.25, 0.3) is 0 Å². The van der Waals surface area contributed by atoms with Gasteiger partial charge in [0.1, 0.15) is 0 Å². The Hall–Kier alpha value is -0.712. The Balaban J connectivity index is 0.00000162. The van der Waals surface area contributed by atoms with Crippen molar-refractivity contribution in [2.45, 2.75) is 17.9 Å². The summed E-state index contributed by atoms with van der Waals surface area (Å²) in [5.74, 6) is 0. The number of carbonyl (C=O) groups excluding carboxylic acids is 1. The van der Waals surface area contributed by atoms with E-state index in [4.69, 9.17) is 0 Å². The number of hydrogen-bond acceptors (Lipinski definition) is 3. The number of nitrogens with zero attached hydrogens (tertiary/aromatic N) is 1. The van der Waals surface area contributed by atoms with Gasteiger partial charge in [0.05, 0.1) is 4.90 Å². The molecule has 0 aromatic heterocycles. The summed E-state index contributed by atoms with van der Waals surface area (Å²) in [6.07, 6.45) is 2.52. The molecule has 1 aromatic rings. The molecular weight excluding hydrogens is 436 g/mol. The second-order valence-corrected chi connectivity index (χ2v) is 5.79. The van der Waals surface area contributed by atoms with Crippen molar-refractivity contribution in [1.82, 2.24) is 9.62 Å². The first-order chi connectivity index (χ1) is 8.06. The van der Waals surface area contributed by atoms with Crippen LogP contribution in [0, 0.1) is 7.43 Å². The largest absolute Gasteiger partial charge is 2.00 e. The monoisotopic (exact) mass is 452 g/mol. The Kier molecular flexibility index (Phi) is 6.90. The van der Waals surface area contributed by atoms with Gasteiger partial charge in [0.2, 0.25) is 10.0 Å². The van der Waals surface area contributed by atoms with Crippen LogP contribution in [0.2, 0.25) is 0 Å². The van der Waals surface area contributed by atoms with Gasteiger partial charge in [-0.25, -0.2) is 13.1 Å². The molecule has 2 rings (SSSR count). The van der Waals surface area contributed by atoms with Crippen LogP contribution in [0.5, 0.6) is 0 Å². The Morgan fingerprint density at radius 3 is 2.58 bits per heavy atom. The van der Waals surface area contributed by atoms with Crippen molar-refractivity contribution in [1.29, 1.82) is 0 Å². The number of amides is 1. The standard InChI is InChI=1S/C11H13N2O3S.CH3.W/c1-12-17(15,16)11-3-2-10-7-13(8-14)5-4-9(10)6-11;;/h2-3,6,12H,4-5,7H2,1H3;1H3;/q2*-1;+2. The molecule has 1 amide bonds. The average Bonchev–Trinajstić information content (AvgIpc) is 2.37.